The topological polar surface area (TPSA) is 3.24 Å². The second-order valence-corrected chi connectivity index (χ2v) is 8.15. The van der Waals surface area contributed by atoms with Gasteiger partial charge in [-0.25, -0.2) is 0 Å². The average molecular weight is 223 g/mol. The molecule has 0 bridgehead atoms. The molecule has 1 spiro atoms. The molecule has 1 saturated heterocycles. The van der Waals surface area contributed by atoms with Crippen LogP contribution < -0.4 is 0 Å². The van der Waals surface area contributed by atoms with Crippen molar-refractivity contribution in [2.45, 2.75) is 66.3 Å². The first kappa shape index (κ1) is 12.4. The van der Waals surface area contributed by atoms with Crippen molar-refractivity contribution in [1.82, 2.24) is 4.90 Å². The molecule has 0 aromatic carbocycles. The molecule has 1 aliphatic heterocycles. The lowest BCUT2D eigenvalue weighted by atomic mass is 9.67. The largest absolute Gasteiger partial charge is 0.298 e. The molecule has 94 valence electrons. The highest BCUT2D eigenvalue weighted by molar-refractivity contribution is 5.06. The molecule has 0 N–H and O–H groups in total. The summed E-state index contributed by atoms with van der Waals surface area (Å²) in [6.07, 6.45) is 4.42. The Labute approximate surface area is 102 Å². The summed E-state index contributed by atoms with van der Waals surface area (Å²) in [6.45, 7) is 17.0. The van der Waals surface area contributed by atoms with Gasteiger partial charge in [0, 0.05) is 12.1 Å². The quantitative estimate of drug-likeness (QED) is 0.601. The molecule has 1 heteroatoms. The lowest BCUT2D eigenvalue weighted by Crippen LogP contribution is -2.53. The SMILES string of the molecule is CC(C)(C)C1CN(C(C)(C)C)CCC12CC2. The molecular weight excluding hydrogens is 194 g/mol. The highest BCUT2D eigenvalue weighted by atomic mass is 15.2. The van der Waals surface area contributed by atoms with Crippen LogP contribution in [0.15, 0.2) is 0 Å². The Balaban J connectivity index is 2.14. The van der Waals surface area contributed by atoms with Crippen LogP contribution in [0.4, 0.5) is 0 Å². The smallest absolute Gasteiger partial charge is 0.0125 e. The molecule has 2 fully saturated rings. The lowest BCUT2D eigenvalue weighted by molar-refractivity contribution is -0.0101. The van der Waals surface area contributed by atoms with E-state index in [1.807, 2.05) is 0 Å². The van der Waals surface area contributed by atoms with Crippen LogP contribution >= 0.6 is 0 Å². The van der Waals surface area contributed by atoms with E-state index in [2.05, 4.69) is 46.4 Å². The second kappa shape index (κ2) is 3.48. The van der Waals surface area contributed by atoms with Gasteiger partial charge in [-0.15, -0.1) is 0 Å². The number of hydrogen-bond donors (Lipinski definition) is 0. The Morgan fingerprint density at radius 3 is 1.88 bits per heavy atom. The average Bonchev–Trinajstić information content (AvgIpc) is 2.82. The Morgan fingerprint density at radius 1 is 0.938 bits per heavy atom. The summed E-state index contributed by atoms with van der Waals surface area (Å²) in [5.74, 6) is 0.896. The highest BCUT2D eigenvalue weighted by Crippen LogP contribution is 2.61. The van der Waals surface area contributed by atoms with E-state index < -0.39 is 0 Å². The van der Waals surface area contributed by atoms with E-state index in [0.29, 0.717) is 11.0 Å². The summed E-state index contributed by atoms with van der Waals surface area (Å²) in [6, 6.07) is 0. The van der Waals surface area contributed by atoms with E-state index >= 15 is 0 Å². The molecule has 0 radical (unpaired) electrons. The van der Waals surface area contributed by atoms with Gasteiger partial charge in [0.2, 0.25) is 0 Å². The van der Waals surface area contributed by atoms with Gasteiger partial charge in [0.1, 0.15) is 0 Å². The summed E-state index contributed by atoms with van der Waals surface area (Å²) in [7, 11) is 0. The van der Waals surface area contributed by atoms with Gasteiger partial charge in [-0.3, -0.25) is 4.90 Å². The summed E-state index contributed by atoms with van der Waals surface area (Å²) in [5.41, 5.74) is 1.56. The maximum atomic E-state index is 2.70. The van der Waals surface area contributed by atoms with Crippen molar-refractivity contribution < 1.29 is 0 Å². The van der Waals surface area contributed by atoms with Crippen molar-refractivity contribution >= 4 is 0 Å². The zero-order valence-electron chi connectivity index (χ0n) is 12.1. The molecule has 0 aromatic rings. The highest BCUT2D eigenvalue weighted by Gasteiger charge is 2.55. The third-order valence-corrected chi connectivity index (χ3v) is 4.91. The van der Waals surface area contributed by atoms with Gasteiger partial charge in [0.25, 0.3) is 0 Å². The molecule has 1 atom stereocenters. The minimum absolute atomic E-state index is 0.347. The number of rotatable bonds is 0. The van der Waals surface area contributed by atoms with Crippen molar-refractivity contribution in [3.8, 4) is 0 Å². The Bertz CT molecular complexity index is 262. The zero-order chi connectivity index (χ0) is 12.2. The Kier molecular flexibility index (Phi) is 2.70. The van der Waals surface area contributed by atoms with E-state index in [9.17, 15) is 0 Å². The maximum absolute atomic E-state index is 2.70. The van der Waals surface area contributed by atoms with Gasteiger partial charge in [0.15, 0.2) is 0 Å². The summed E-state index contributed by atoms with van der Waals surface area (Å²) >= 11 is 0. The summed E-state index contributed by atoms with van der Waals surface area (Å²) in [5, 5.41) is 0. The van der Waals surface area contributed by atoms with Gasteiger partial charge in [-0.05, 0) is 63.3 Å². The molecular formula is C15H29N. The molecule has 1 unspecified atom stereocenters. The van der Waals surface area contributed by atoms with E-state index in [-0.39, 0.29) is 0 Å². The predicted octanol–water partition coefficient (Wildman–Crippen LogP) is 3.93. The molecule has 1 heterocycles. The molecule has 0 aromatic heterocycles. The molecule has 2 aliphatic rings. The normalized spacial score (nSPS) is 30.8. The molecule has 16 heavy (non-hydrogen) atoms. The second-order valence-electron chi connectivity index (χ2n) is 8.15. The standard InChI is InChI=1S/C15H29N/c1-13(2,3)12-11-16(14(4,5)6)10-9-15(12)7-8-15/h12H,7-11H2,1-6H3. The number of piperidine rings is 1. The minimum Gasteiger partial charge on any atom is -0.298 e. The minimum atomic E-state index is 0.347. The van der Waals surface area contributed by atoms with Crippen LogP contribution in [0, 0.1) is 16.7 Å². The van der Waals surface area contributed by atoms with Crippen molar-refractivity contribution in [3.05, 3.63) is 0 Å². The zero-order valence-corrected chi connectivity index (χ0v) is 12.1. The van der Waals surface area contributed by atoms with Crippen molar-refractivity contribution in [1.29, 1.82) is 0 Å². The number of likely N-dealkylation sites (tertiary alicyclic amines) is 1. The summed E-state index contributed by atoms with van der Waals surface area (Å²) < 4.78 is 0. The van der Waals surface area contributed by atoms with E-state index in [0.717, 1.165) is 11.3 Å². The monoisotopic (exact) mass is 223 g/mol. The van der Waals surface area contributed by atoms with E-state index in [1.165, 1.54) is 32.4 Å². The van der Waals surface area contributed by atoms with Crippen LogP contribution in [0.2, 0.25) is 0 Å². The Morgan fingerprint density at radius 2 is 1.50 bits per heavy atom. The fraction of sp³-hybridized carbons (Fsp3) is 1.00. The predicted molar refractivity (Wildman–Crippen MR) is 70.6 cm³/mol. The van der Waals surface area contributed by atoms with Gasteiger partial charge in [-0.1, -0.05) is 20.8 Å². The van der Waals surface area contributed by atoms with Crippen molar-refractivity contribution in [3.63, 3.8) is 0 Å². The molecule has 2 rings (SSSR count). The van der Waals surface area contributed by atoms with Gasteiger partial charge in [-0.2, -0.15) is 0 Å². The van der Waals surface area contributed by atoms with Crippen molar-refractivity contribution in [2.75, 3.05) is 13.1 Å². The van der Waals surface area contributed by atoms with Crippen LogP contribution in [-0.2, 0) is 0 Å². The lowest BCUT2D eigenvalue weighted by Gasteiger charge is -2.50. The molecule has 1 saturated carbocycles. The van der Waals surface area contributed by atoms with Crippen LogP contribution in [0.1, 0.15) is 60.8 Å². The Hall–Kier alpha value is -0.0400. The van der Waals surface area contributed by atoms with Crippen molar-refractivity contribution in [2.24, 2.45) is 16.7 Å². The molecule has 0 amide bonds. The maximum Gasteiger partial charge on any atom is 0.0125 e. The van der Waals surface area contributed by atoms with Crippen LogP contribution in [0.3, 0.4) is 0 Å². The fourth-order valence-corrected chi connectivity index (χ4v) is 3.60. The third kappa shape index (κ3) is 2.16. The molecule has 1 nitrogen and oxygen atoms in total. The van der Waals surface area contributed by atoms with E-state index in [4.69, 9.17) is 0 Å². The van der Waals surface area contributed by atoms with Crippen LogP contribution in [-0.4, -0.2) is 23.5 Å². The number of hydrogen-bond acceptors (Lipinski definition) is 1. The first-order chi connectivity index (χ1) is 7.15. The first-order valence-corrected chi connectivity index (χ1v) is 6.90. The van der Waals surface area contributed by atoms with Gasteiger partial charge in [0.05, 0.1) is 0 Å². The fourth-order valence-electron chi connectivity index (χ4n) is 3.60. The summed E-state index contributed by atoms with van der Waals surface area (Å²) in [4.78, 5) is 2.70. The van der Waals surface area contributed by atoms with Crippen LogP contribution in [0.25, 0.3) is 0 Å². The van der Waals surface area contributed by atoms with E-state index in [1.54, 1.807) is 0 Å². The number of nitrogens with zero attached hydrogens (tertiary/aromatic N) is 1. The van der Waals surface area contributed by atoms with Gasteiger partial charge < -0.3 is 0 Å². The van der Waals surface area contributed by atoms with Gasteiger partial charge >= 0.3 is 0 Å². The first-order valence-electron chi connectivity index (χ1n) is 6.90. The van der Waals surface area contributed by atoms with Crippen LogP contribution in [0.5, 0.6) is 0 Å². The molecule has 1 aliphatic carbocycles. The third-order valence-electron chi connectivity index (χ3n) is 4.91.